The number of aryl methyl sites for hydroxylation is 1. The molecule has 1 unspecified atom stereocenters. The number of nitrogens with zero attached hydrogens (tertiary/aromatic N) is 3. The molecule has 0 saturated carbocycles. The fourth-order valence-electron chi connectivity index (χ4n) is 2.83. The molecular formula is C17H17ClN4. The van der Waals surface area contributed by atoms with Crippen LogP contribution < -0.4 is 5.32 Å². The van der Waals surface area contributed by atoms with Crippen LogP contribution >= 0.6 is 11.6 Å². The number of rotatable bonds is 3. The zero-order valence-corrected chi connectivity index (χ0v) is 13.1. The summed E-state index contributed by atoms with van der Waals surface area (Å²) in [6.07, 6.45) is 9.30. The lowest BCUT2D eigenvalue weighted by Gasteiger charge is -2.23. The molecule has 4 nitrogen and oxygen atoms in total. The minimum atomic E-state index is 0.266. The number of halogens is 1. The smallest absolute Gasteiger partial charge is 0.101 e. The van der Waals surface area contributed by atoms with Gasteiger partial charge in [-0.2, -0.15) is 5.26 Å². The Hall–Kier alpha value is -2.25. The lowest BCUT2D eigenvalue weighted by atomic mass is 9.93. The summed E-state index contributed by atoms with van der Waals surface area (Å²) in [5, 5.41) is 12.9. The van der Waals surface area contributed by atoms with E-state index < -0.39 is 0 Å². The molecule has 0 bridgehead atoms. The van der Waals surface area contributed by atoms with Crippen LogP contribution in [0.5, 0.6) is 0 Å². The quantitative estimate of drug-likeness (QED) is 0.932. The Morgan fingerprint density at radius 3 is 3.00 bits per heavy atom. The third-order valence-electron chi connectivity index (χ3n) is 3.95. The number of aromatic nitrogens is 2. The third-order valence-corrected chi connectivity index (χ3v) is 4.26. The lowest BCUT2D eigenvalue weighted by Crippen LogP contribution is -2.20. The van der Waals surface area contributed by atoms with Gasteiger partial charge in [-0.1, -0.05) is 17.7 Å². The largest absolute Gasteiger partial charge is 0.379 e. The zero-order chi connectivity index (χ0) is 15.5. The van der Waals surface area contributed by atoms with E-state index in [-0.39, 0.29) is 6.04 Å². The predicted octanol–water partition coefficient (Wildman–Crippen LogP) is 3.99. The summed E-state index contributed by atoms with van der Waals surface area (Å²) in [4.78, 5) is 4.19. The van der Waals surface area contributed by atoms with E-state index >= 15 is 0 Å². The van der Waals surface area contributed by atoms with Crippen molar-refractivity contribution in [2.45, 2.75) is 25.3 Å². The molecule has 1 aliphatic rings. The van der Waals surface area contributed by atoms with E-state index in [0.29, 0.717) is 10.6 Å². The molecular weight excluding hydrogens is 296 g/mol. The van der Waals surface area contributed by atoms with Crippen molar-refractivity contribution in [3.63, 3.8) is 0 Å². The number of hydrogen-bond donors (Lipinski definition) is 1. The third kappa shape index (κ3) is 3.00. The maximum atomic E-state index is 8.92. The summed E-state index contributed by atoms with van der Waals surface area (Å²) in [6.45, 7) is 0. The fourth-order valence-corrected chi connectivity index (χ4v) is 3.05. The van der Waals surface area contributed by atoms with Crippen molar-refractivity contribution in [2.24, 2.45) is 7.05 Å². The molecule has 1 aromatic carbocycles. The molecule has 5 heteroatoms. The molecule has 1 heterocycles. The highest BCUT2D eigenvalue weighted by Crippen LogP contribution is 2.29. The summed E-state index contributed by atoms with van der Waals surface area (Å²) >= 11 is 6.09. The molecule has 1 N–H and O–H groups in total. The fraction of sp³-hybridized carbons (Fsp3) is 0.294. The van der Waals surface area contributed by atoms with Crippen molar-refractivity contribution in [3.8, 4) is 6.07 Å². The first-order valence-corrected chi connectivity index (χ1v) is 7.69. The number of hydrogen-bond acceptors (Lipinski definition) is 3. The van der Waals surface area contributed by atoms with Crippen LogP contribution in [-0.4, -0.2) is 15.6 Å². The highest BCUT2D eigenvalue weighted by molar-refractivity contribution is 6.32. The van der Waals surface area contributed by atoms with Crippen molar-refractivity contribution < 1.29 is 0 Å². The van der Waals surface area contributed by atoms with E-state index in [4.69, 9.17) is 16.9 Å². The number of nitrogens with one attached hydrogen (secondary N) is 1. The minimum Gasteiger partial charge on any atom is -0.379 e. The van der Waals surface area contributed by atoms with Gasteiger partial charge in [-0.3, -0.25) is 0 Å². The number of nitriles is 1. The summed E-state index contributed by atoms with van der Waals surface area (Å²) in [7, 11) is 2.01. The van der Waals surface area contributed by atoms with Gasteiger partial charge in [0.1, 0.15) is 6.07 Å². The molecule has 0 spiro atoms. The van der Waals surface area contributed by atoms with Crippen LogP contribution in [0.1, 0.15) is 30.5 Å². The van der Waals surface area contributed by atoms with Gasteiger partial charge in [-0.05, 0) is 43.0 Å². The molecule has 1 aromatic heterocycles. The normalized spacial score (nSPS) is 17.7. The van der Waals surface area contributed by atoms with Gasteiger partial charge in [-0.25, -0.2) is 4.98 Å². The standard InChI is InChI=1S/C17H17ClN4/c1-22-11-20-10-17(22)12-3-2-4-14(7-12)21-15-6-5-13(9-19)16(18)8-15/h5-8,10-11,14,21H,2-4H2,1H3. The maximum absolute atomic E-state index is 8.92. The van der Waals surface area contributed by atoms with Gasteiger partial charge < -0.3 is 9.88 Å². The van der Waals surface area contributed by atoms with Crippen molar-refractivity contribution >= 4 is 22.9 Å². The second-order valence-corrected chi connectivity index (χ2v) is 5.94. The highest BCUT2D eigenvalue weighted by atomic mass is 35.5. The van der Waals surface area contributed by atoms with Gasteiger partial charge in [0.15, 0.2) is 0 Å². The number of allylic oxidation sites excluding steroid dienone is 1. The maximum Gasteiger partial charge on any atom is 0.101 e. The van der Waals surface area contributed by atoms with E-state index in [0.717, 1.165) is 24.9 Å². The first-order chi connectivity index (χ1) is 10.7. The number of anilines is 1. The Kier molecular flexibility index (Phi) is 4.17. The van der Waals surface area contributed by atoms with Crippen LogP contribution in [0.15, 0.2) is 36.8 Å². The Morgan fingerprint density at radius 1 is 1.45 bits per heavy atom. The first kappa shape index (κ1) is 14.7. The predicted molar refractivity (Wildman–Crippen MR) is 88.6 cm³/mol. The van der Waals surface area contributed by atoms with E-state index in [1.54, 1.807) is 6.07 Å². The molecule has 0 radical (unpaired) electrons. The van der Waals surface area contributed by atoms with Crippen LogP contribution in [0.2, 0.25) is 5.02 Å². The van der Waals surface area contributed by atoms with Crippen molar-refractivity contribution in [2.75, 3.05) is 5.32 Å². The minimum absolute atomic E-state index is 0.266. The van der Waals surface area contributed by atoms with Crippen LogP contribution in [-0.2, 0) is 7.05 Å². The van der Waals surface area contributed by atoms with Crippen molar-refractivity contribution in [3.05, 3.63) is 53.1 Å². The van der Waals surface area contributed by atoms with Gasteiger partial charge in [0.25, 0.3) is 0 Å². The monoisotopic (exact) mass is 312 g/mol. The molecule has 0 saturated heterocycles. The van der Waals surface area contributed by atoms with E-state index in [1.165, 1.54) is 11.3 Å². The topological polar surface area (TPSA) is 53.6 Å². The van der Waals surface area contributed by atoms with Crippen LogP contribution in [0, 0.1) is 11.3 Å². The molecule has 2 aromatic rings. The second kappa shape index (κ2) is 6.25. The van der Waals surface area contributed by atoms with Gasteiger partial charge in [0.05, 0.1) is 28.8 Å². The summed E-state index contributed by atoms with van der Waals surface area (Å²) in [5.74, 6) is 0. The van der Waals surface area contributed by atoms with Crippen LogP contribution in [0.3, 0.4) is 0 Å². The summed E-state index contributed by atoms with van der Waals surface area (Å²) in [6, 6.07) is 7.80. The van der Waals surface area contributed by atoms with E-state index in [2.05, 4.69) is 22.4 Å². The molecule has 112 valence electrons. The Morgan fingerprint density at radius 2 is 2.32 bits per heavy atom. The molecule has 0 aliphatic heterocycles. The SMILES string of the molecule is Cn1cncc1C1=CC(Nc2ccc(C#N)c(Cl)c2)CCC1. The van der Waals surface area contributed by atoms with Gasteiger partial charge in [0.2, 0.25) is 0 Å². The van der Waals surface area contributed by atoms with Gasteiger partial charge in [0, 0.05) is 18.8 Å². The average Bonchev–Trinajstić information content (AvgIpc) is 2.94. The second-order valence-electron chi connectivity index (χ2n) is 5.53. The summed E-state index contributed by atoms with van der Waals surface area (Å²) in [5.41, 5.74) is 3.94. The Bertz CT molecular complexity index is 754. The average molecular weight is 313 g/mol. The highest BCUT2D eigenvalue weighted by Gasteiger charge is 2.16. The molecule has 22 heavy (non-hydrogen) atoms. The lowest BCUT2D eigenvalue weighted by molar-refractivity contribution is 0.679. The molecule has 1 aliphatic carbocycles. The number of imidazole rings is 1. The molecule has 0 fully saturated rings. The van der Waals surface area contributed by atoms with Crippen molar-refractivity contribution in [1.29, 1.82) is 5.26 Å². The van der Waals surface area contributed by atoms with Gasteiger partial charge in [-0.15, -0.1) is 0 Å². The Labute approximate surface area is 135 Å². The zero-order valence-electron chi connectivity index (χ0n) is 12.4. The van der Waals surface area contributed by atoms with E-state index in [1.807, 2.05) is 36.3 Å². The number of benzene rings is 1. The van der Waals surface area contributed by atoms with Crippen LogP contribution in [0.25, 0.3) is 5.57 Å². The summed E-state index contributed by atoms with van der Waals surface area (Å²) < 4.78 is 2.05. The van der Waals surface area contributed by atoms with Crippen molar-refractivity contribution in [1.82, 2.24) is 9.55 Å². The first-order valence-electron chi connectivity index (χ1n) is 7.31. The van der Waals surface area contributed by atoms with E-state index in [9.17, 15) is 0 Å². The van der Waals surface area contributed by atoms with Crippen LogP contribution in [0.4, 0.5) is 5.69 Å². The molecule has 0 amide bonds. The molecule has 3 rings (SSSR count). The Balaban J connectivity index is 1.79. The molecule has 1 atom stereocenters. The van der Waals surface area contributed by atoms with Gasteiger partial charge >= 0.3 is 0 Å².